The highest BCUT2D eigenvalue weighted by Gasteiger charge is 2.31. The van der Waals surface area contributed by atoms with Crippen LogP contribution in [0.5, 0.6) is 0 Å². The van der Waals surface area contributed by atoms with Gasteiger partial charge >= 0.3 is 0 Å². The molecule has 2 aromatic heterocycles. The van der Waals surface area contributed by atoms with E-state index in [0.717, 1.165) is 11.1 Å². The average molecular weight is 437 g/mol. The molecule has 0 atom stereocenters. The largest absolute Gasteiger partial charge is 0.365 e. The number of aryl methyl sites for hydroxylation is 1. The van der Waals surface area contributed by atoms with Crippen molar-refractivity contribution in [3.8, 4) is 0 Å². The van der Waals surface area contributed by atoms with Gasteiger partial charge < -0.3 is 5.32 Å². The summed E-state index contributed by atoms with van der Waals surface area (Å²) in [5.41, 5.74) is 2.64. The summed E-state index contributed by atoms with van der Waals surface area (Å²) in [6.45, 7) is 4.78. The van der Waals surface area contributed by atoms with Crippen molar-refractivity contribution in [2.45, 2.75) is 20.4 Å². The van der Waals surface area contributed by atoms with Crippen molar-refractivity contribution >= 4 is 51.7 Å². The van der Waals surface area contributed by atoms with Gasteiger partial charge in [-0.05, 0) is 37.1 Å². The smallest absolute Gasteiger partial charge is 0.267 e. The zero-order chi connectivity index (χ0) is 21.3. The number of thiocarbonyl (C=S) groups is 1. The number of amides is 1. The number of aromatic nitrogens is 2. The SMILES string of the molecule is CCN1C(=O)/C(=C/c2c(NCc3ccccc3)nc3c(C)cccn3c2=O)SC1=S. The predicted molar refractivity (Wildman–Crippen MR) is 126 cm³/mol. The van der Waals surface area contributed by atoms with E-state index in [1.807, 2.05) is 56.3 Å². The van der Waals surface area contributed by atoms with Crippen LogP contribution in [0.1, 0.15) is 23.6 Å². The Kier molecular flexibility index (Phi) is 5.69. The predicted octanol–water partition coefficient (Wildman–Crippen LogP) is 3.84. The molecule has 0 radical (unpaired) electrons. The molecule has 0 bridgehead atoms. The van der Waals surface area contributed by atoms with Crippen molar-refractivity contribution in [3.05, 3.63) is 80.6 Å². The number of hydrogen-bond acceptors (Lipinski definition) is 6. The number of rotatable bonds is 5. The van der Waals surface area contributed by atoms with E-state index in [1.165, 1.54) is 21.1 Å². The molecule has 0 spiro atoms. The Bertz CT molecular complexity index is 1240. The molecule has 0 aliphatic carbocycles. The minimum absolute atomic E-state index is 0.185. The van der Waals surface area contributed by atoms with E-state index in [1.54, 1.807) is 12.3 Å². The van der Waals surface area contributed by atoms with Gasteiger partial charge in [0.25, 0.3) is 11.5 Å². The van der Waals surface area contributed by atoms with E-state index in [4.69, 9.17) is 17.2 Å². The molecule has 0 saturated carbocycles. The van der Waals surface area contributed by atoms with Crippen LogP contribution in [0.2, 0.25) is 0 Å². The van der Waals surface area contributed by atoms with Crippen molar-refractivity contribution in [2.24, 2.45) is 0 Å². The maximum absolute atomic E-state index is 13.3. The molecule has 1 aliphatic rings. The number of fused-ring (bicyclic) bond motifs is 1. The molecule has 1 saturated heterocycles. The van der Waals surface area contributed by atoms with Crippen molar-refractivity contribution in [1.82, 2.24) is 14.3 Å². The lowest BCUT2D eigenvalue weighted by atomic mass is 10.2. The first-order valence-electron chi connectivity index (χ1n) is 9.54. The number of nitrogens with one attached hydrogen (secondary N) is 1. The maximum atomic E-state index is 13.3. The quantitative estimate of drug-likeness (QED) is 0.484. The van der Waals surface area contributed by atoms with Crippen LogP contribution in [-0.4, -0.2) is 31.1 Å². The van der Waals surface area contributed by atoms with Gasteiger partial charge in [0.1, 0.15) is 15.8 Å². The van der Waals surface area contributed by atoms with Gasteiger partial charge in [0.2, 0.25) is 0 Å². The number of carbonyl (C=O) groups is 1. The molecular formula is C22H20N4O2S2. The van der Waals surface area contributed by atoms with E-state index in [-0.39, 0.29) is 11.5 Å². The van der Waals surface area contributed by atoms with Crippen molar-refractivity contribution < 1.29 is 4.79 Å². The average Bonchev–Trinajstić information content (AvgIpc) is 3.02. The van der Waals surface area contributed by atoms with Crippen LogP contribution in [0.15, 0.2) is 58.4 Å². The maximum Gasteiger partial charge on any atom is 0.267 e. The minimum atomic E-state index is -0.235. The Hall–Kier alpha value is -2.97. The summed E-state index contributed by atoms with van der Waals surface area (Å²) in [5.74, 6) is 0.259. The Morgan fingerprint density at radius 3 is 2.63 bits per heavy atom. The second-order valence-electron chi connectivity index (χ2n) is 6.83. The summed E-state index contributed by atoms with van der Waals surface area (Å²) in [7, 11) is 0. The lowest BCUT2D eigenvalue weighted by Gasteiger charge is -2.12. The van der Waals surface area contributed by atoms with Crippen LogP contribution in [0.4, 0.5) is 5.82 Å². The van der Waals surface area contributed by atoms with Crippen LogP contribution in [-0.2, 0) is 11.3 Å². The van der Waals surface area contributed by atoms with Crippen LogP contribution < -0.4 is 10.9 Å². The number of pyridine rings is 1. The summed E-state index contributed by atoms with van der Waals surface area (Å²) in [4.78, 5) is 32.7. The van der Waals surface area contributed by atoms with E-state index in [0.29, 0.717) is 39.3 Å². The van der Waals surface area contributed by atoms with Crippen LogP contribution in [0, 0.1) is 6.92 Å². The summed E-state index contributed by atoms with van der Waals surface area (Å²) in [6.07, 6.45) is 3.29. The van der Waals surface area contributed by atoms with E-state index >= 15 is 0 Å². The third-order valence-electron chi connectivity index (χ3n) is 4.85. The standard InChI is InChI=1S/C22H20N4O2S2/c1-3-25-21(28)17(30-22(25)29)12-16-18(23-13-15-9-5-4-6-10-15)24-19-14(2)8-7-11-26(19)20(16)27/h4-12,23H,3,13H2,1-2H3/b17-12-. The summed E-state index contributed by atoms with van der Waals surface area (Å²) < 4.78 is 2.01. The highest BCUT2D eigenvalue weighted by Crippen LogP contribution is 2.32. The molecule has 3 heterocycles. The first-order chi connectivity index (χ1) is 14.5. The van der Waals surface area contributed by atoms with E-state index < -0.39 is 0 Å². The molecule has 6 nitrogen and oxygen atoms in total. The fraction of sp³-hybridized carbons (Fsp3) is 0.182. The van der Waals surface area contributed by atoms with Crippen LogP contribution >= 0.6 is 24.0 Å². The molecule has 1 N–H and O–H groups in total. The Morgan fingerprint density at radius 1 is 1.17 bits per heavy atom. The van der Waals surface area contributed by atoms with Crippen LogP contribution in [0.3, 0.4) is 0 Å². The number of hydrogen-bond donors (Lipinski definition) is 1. The van der Waals surface area contributed by atoms with Gasteiger partial charge in [0, 0.05) is 19.3 Å². The third-order valence-corrected chi connectivity index (χ3v) is 6.23. The number of likely N-dealkylation sites (N-methyl/N-ethyl adjacent to an activating group) is 1. The van der Waals surface area contributed by atoms with Gasteiger partial charge in [-0.3, -0.25) is 18.9 Å². The fourth-order valence-corrected chi connectivity index (χ4v) is 4.63. The third kappa shape index (κ3) is 3.76. The number of nitrogens with zero attached hydrogens (tertiary/aromatic N) is 3. The molecule has 8 heteroatoms. The first kappa shape index (κ1) is 20.3. The van der Waals surface area contributed by atoms with Gasteiger partial charge in [0.05, 0.1) is 10.5 Å². The molecule has 3 aromatic rings. The molecule has 1 fully saturated rings. The van der Waals surface area contributed by atoms with Crippen LogP contribution in [0.25, 0.3) is 11.7 Å². The fourth-order valence-electron chi connectivity index (χ4n) is 3.26. The zero-order valence-electron chi connectivity index (χ0n) is 16.6. The van der Waals surface area contributed by atoms with Gasteiger partial charge in [-0.25, -0.2) is 4.98 Å². The lowest BCUT2D eigenvalue weighted by molar-refractivity contribution is -0.121. The normalized spacial score (nSPS) is 15.4. The highest BCUT2D eigenvalue weighted by atomic mass is 32.2. The van der Waals surface area contributed by atoms with E-state index in [2.05, 4.69) is 5.32 Å². The second kappa shape index (κ2) is 8.41. The van der Waals surface area contributed by atoms with Crippen molar-refractivity contribution in [3.63, 3.8) is 0 Å². The summed E-state index contributed by atoms with van der Waals surface area (Å²) >= 11 is 6.50. The lowest BCUT2D eigenvalue weighted by Crippen LogP contribution is -2.27. The number of thioether (sulfide) groups is 1. The number of benzene rings is 1. The Labute approximate surface area is 183 Å². The minimum Gasteiger partial charge on any atom is -0.365 e. The molecule has 0 unspecified atom stereocenters. The Balaban J connectivity index is 1.83. The number of carbonyl (C=O) groups excluding carboxylic acids is 1. The van der Waals surface area contributed by atoms with Gasteiger partial charge in [-0.2, -0.15) is 0 Å². The molecule has 1 aromatic carbocycles. The van der Waals surface area contributed by atoms with Gasteiger partial charge in [-0.1, -0.05) is 60.4 Å². The second-order valence-corrected chi connectivity index (χ2v) is 8.50. The van der Waals surface area contributed by atoms with Crippen molar-refractivity contribution in [1.29, 1.82) is 0 Å². The molecule has 1 aliphatic heterocycles. The topological polar surface area (TPSA) is 66.7 Å². The number of anilines is 1. The monoisotopic (exact) mass is 436 g/mol. The zero-order valence-corrected chi connectivity index (χ0v) is 18.2. The Morgan fingerprint density at radius 2 is 1.93 bits per heavy atom. The van der Waals surface area contributed by atoms with E-state index in [9.17, 15) is 9.59 Å². The molecule has 4 rings (SSSR count). The van der Waals surface area contributed by atoms with Gasteiger partial charge in [0.15, 0.2) is 0 Å². The molecule has 1 amide bonds. The van der Waals surface area contributed by atoms with Crippen molar-refractivity contribution in [2.75, 3.05) is 11.9 Å². The van der Waals surface area contributed by atoms with Gasteiger partial charge in [-0.15, -0.1) is 0 Å². The molecule has 30 heavy (non-hydrogen) atoms. The molecular weight excluding hydrogens is 416 g/mol. The summed E-state index contributed by atoms with van der Waals surface area (Å²) in [6, 6.07) is 13.6. The first-order valence-corrected chi connectivity index (χ1v) is 10.8. The molecule has 152 valence electrons. The summed E-state index contributed by atoms with van der Waals surface area (Å²) in [5, 5.41) is 3.28. The highest BCUT2D eigenvalue weighted by molar-refractivity contribution is 8.26.